The molecule has 15 heteroatoms. The molecule has 0 radical (unpaired) electrons. The van der Waals surface area contributed by atoms with Crippen LogP contribution in [0.5, 0.6) is 0 Å². The largest absolute Gasteiger partial charge is 0.463 e. The average Bonchev–Trinajstić information content (AvgIpc) is 0.792. The van der Waals surface area contributed by atoms with Crippen LogP contribution < -0.4 is 0 Å². The Kier molecular flexibility index (Phi) is 77.1. The summed E-state index contributed by atoms with van der Waals surface area (Å²) < 4.78 is 29.6. The second-order valence-electron chi connectivity index (χ2n) is 36.7. The second-order valence-corrected chi connectivity index (χ2v) is 36.7. The number of aliphatic hydroxyl groups excluding tert-OH is 8. The number of esters is 2. The first-order valence-corrected chi connectivity index (χ1v) is 51.1. The van der Waals surface area contributed by atoms with E-state index >= 15 is 0 Å². The van der Waals surface area contributed by atoms with E-state index in [1.807, 2.05) is 0 Å². The van der Waals surface area contributed by atoms with Crippen molar-refractivity contribution in [3.05, 3.63) is 0 Å². The summed E-state index contributed by atoms with van der Waals surface area (Å²) in [5.41, 5.74) is 0. The Morgan fingerprint density at radius 3 is 0.557 bits per heavy atom. The van der Waals surface area contributed by atoms with Crippen LogP contribution in [0, 0.1) is 11.8 Å². The minimum absolute atomic E-state index is 0.432. The zero-order chi connectivity index (χ0) is 83.3. The maximum absolute atomic E-state index is 14.2. The van der Waals surface area contributed by atoms with Crippen LogP contribution in [0.3, 0.4) is 0 Å². The first-order valence-electron chi connectivity index (χ1n) is 51.1. The van der Waals surface area contributed by atoms with Gasteiger partial charge in [-0.1, -0.05) is 503 Å². The predicted molar refractivity (Wildman–Crippen MR) is 478 cm³/mol. The van der Waals surface area contributed by atoms with Gasteiger partial charge in [0.25, 0.3) is 0 Å². The standard InChI is InChI=1S/C100H194O15/c1-5-9-13-17-21-25-29-33-37-41-45-49-53-57-61-65-69-73-77-81-87(101)85(79-75-71-67-63-59-55-51-47-43-39-35-31-27-23-19-15-11-7-3)97(109)111-83-89-91(103)93(105)95(107)99(113-89)115-100-96(108)94(106)92(104)90(114-100)84-112-98(110)86(80-76-72-68-64-60-56-52-48-44-40-36-32-28-24-20-16-12-8-4)88(102)82-78-74-70-66-62-58-54-50-46-42-38-34-30-26-22-18-14-10-6-2/h85-96,99-108H,5-84H2,1-4H3/t85-,86-,87-,88-,89+,90+,91+,92+,93-,94-,95+,96+,99+,100+/m0/s1. The van der Waals surface area contributed by atoms with E-state index in [1.54, 1.807) is 0 Å². The lowest BCUT2D eigenvalue weighted by Crippen LogP contribution is -2.64. The van der Waals surface area contributed by atoms with Gasteiger partial charge < -0.3 is 64.5 Å². The molecule has 2 rings (SSSR count). The average molecular weight is 1640 g/mol. The topological polar surface area (TPSA) is 242 Å². The minimum Gasteiger partial charge on any atom is -0.463 e. The van der Waals surface area contributed by atoms with Crippen molar-refractivity contribution in [3.63, 3.8) is 0 Å². The molecule has 2 heterocycles. The van der Waals surface area contributed by atoms with Crippen molar-refractivity contribution in [1.82, 2.24) is 0 Å². The van der Waals surface area contributed by atoms with Gasteiger partial charge in [-0.05, 0) is 25.7 Å². The molecule has 15 nitrogen and oxygen atoms in total. The molecule has 0 aliphatic carbocycles. The van der Waals surface area contributed by atoms with Gasteiger partial charge in [-0.3, -0.25) is 9.59 Å². The Labute approximate surface area is 709 Å². The van der Waals surface area contributed by atoms with Crippen molar-refractivity contribution in [2.75, 3.05) is 13.2 Å². The molecule has 0 aromatic carbocycles. The van der Waals surface area contributed by atoms with Crippen molar-refractivity contribution in [1.29, 1.82) is 0 Å². The maximum atomic E-state index is 14.2. The van der Waals surface area contributed by atoms with E-state index in [1.165, 1.54) is 372 Å². The quantitative estimate of drug-likeness (QED) is 0.0209. The summed E-state index contributed by atoms with van der Waals surface area (Å²) in [5.74, 6) is -2.92. The number of carbonyl (C=O) groups excluding carboxylic acids is 2. The van der Waals surface area contributed by atoms with Crippen molar-refractivity contribution < 1.29 is 74.1 Å². The molecule has 0 spiro atoms. The molecule has 115 heavy (non-hydrogen) atoms. The van der Waals surface area contributed by atoms with Gasteiger partial charge in [0.1, 0.15) is 62.0 Å². The van der Waals surface area contributed by atoms with Crippen molar-refractivity contribution in [2.45, 2.75) is 602 Å². The molecule has 0 aromatic heterocycles. The van der Waals surface area contributed by atoms with Gasteiger partial charge >= 0.3 is 11.9 Å². The summed E-state index contributed by atoms with van der Waals surface area (Å²) in [4.78, 5) is 28.3. The highest BCUT2D eigenvalue weighted by atomic mass is 16.8. The fourth-order valence-electron chi connectivity index (χ4n) is 17.7. The Morgan fingerprint density at radius 2 is 0.383 bits per heavy atom. The van der Waals surface area contributed by atoms with Crippen LogP contribution in [0.2, 0.25) is 0 Å². The maximum Gasteiger partial charge on any atom is 0.311 e. The Balaban J connectivity index is 1.99. The van der Waals surface area contributed by atoms with Gasteiger partial charge in [0, 0.05) is 0 Å². The first-order chi connectivity index (χ1) is 56.3. The summed E-state index contributed by atoms with van der Waals surface area (Å²) in [7, 11) is 0. The van der Waals surface area contributed by atoms with Crippen molar-refractivity contribution >= 4 is 11.9 Å². The van der Waals surface area contributed by atoms with Gasteiger partial charge in [-0.25, -0.2) is 0 Å². The molecule has 14 atom stereocenters. The highest BCUT2D eigenvalue weighted by Gasteiger charge is 2.51. The zero-order valence-corrected chi connectivity index (χ0v) is 76.1. The van der Waals surface area contributed by atoms with Gasteiger partial charge in [0.2, 0.25) is 0 Å². The summed E-state index contributed by atoms with van der Waals surface area (Å²) in [6.45, 7) is 8.00. The van der Waals surface area contributed by atoms with E-state index in [2.05, 4.69) is 27.7 Å². The van der Waals surface area contributed by atoms with Gasteiger partial charge in [-0.2, -0.15) is 0 Å². The fourth-order valence-corrected chi connectivity index (χ4v) is 17.7. The molecule has 2 aliphatic rings. The third-order valence-corrected chi connectivity index (χ3v) is 25.9. The minimum atomic E-state index is -1.90. The number of rotatable bonds is 88. The van der Waals surface area contributed by atoms with Crippen LogP contribution >= 0.6 is 0 Å². The number of ether oxygens (including phenoxy) is 5. The molecule has 0 bridgehead atoms. The molecule has 0 amide bonds. The van der Waals surface area contributed by atoms with Crippen molar-refractivity contribution in [3.8, 4) is 0 Å². The van der Waals surface area contributed by atoms with Crippen LogP contribution in [0.1, 0.15) is 529 Å². The van der Waals surface area contributed by atoms with Gasteiger partial charge in [0.15, 0.2) is 12.6 Å². The van der Waals surface area contributed by atoms with Crippen LogP contribution in [-0.4, -0.2) is 140 Å². The highest BCUT2D eigenvalue weighted by Crippen LogP contribution is 2.32. The van der Waals surface area contributed by atoms with Crippen molar-refractivity contribution in [2.24, 2.45) is 11.8 Å². The molecule has 2 fully saturated rings. The summed E-state index contributed by atoms with van der Waals surface area (Å²) in [6.07, 6.45) is 75.6. The van der Waals surface area contributed by atoms with E-state index < -0.39 is 111 Å². The lowest BCUT2D eigenvalue weighted by Gasteiger charge is -2.44. The SMILES string of the molecule is CCCCCCCCCCCCCCCCCCCCC[C@H](O)[C@H](CCCCCCCCCCCCCCCCCCCC)C(=O)OC[C@H]1O[C@H](O[C@H]2O[C@H](COC(=O)[C@@H](CCCCCCCCCCCCCCCCCCCC)[C@@H](O)CCCCCCCCCCCCCCCCCCCCC)[C@@H](O)[C@H](O)[C@H]2O)[C@H](O)[C@@H](O)[C@@H]1O. The van der Waals surface area contributed by atoms with Crippen LogP contribution in [0.15, 0.2) is 0 Å². The lowest BCUT2D eigenvalue weighted by molar-refractivity contribution is -0.376. The van der Waals surface area contributed by atoms with Crippen LogP contribution in [0.25, 0.3) is 0 Å². The number of aliphatic hydroxyl groups is 8. The molecule has 0 aromatic rings. The van der Waals surface area contributed by atoms with E-state index in [0.717, 1.165) is 103 Å². The molecule has 8 N–H and O–H groups in total. The summed E-state index contributed by atoms with van der Waals surface area (Å²) in [6, 6.07) is 0. The molecular formula is C100H194O15. The smallest absolute Gasteiger partial charge is 0.311 e. The Morgan fingerprint density at radius 1 is 0.226 bits per heavy atom. The number of hydrogen-bond acceptors (Lipinski definition) is 15. The fraction of sp³-hybridized carbons (Fsp3) is 0.980. The van der Waals surface area contributed by atoms with E-state index in [0.29, 0.717) is 25.7 Å². The summed E-state index contributed by atoms with van der Waals surface area (Å²) in [5, 5.41) is 90.9. The molecule has 2 saturated heterocycles. The zero-order valence-electron chi connectivity index (χ0n) is 76.1. The van der Waals surface area contributed by atoms with E-state index in [9.17, 15) is 50.4 Å². The van der Waals surface area contributed by atoms with Crippen LogP contribution in [-0.2, 0) is 33.3 Å². The molecule has 0 unspecified atom stereocenters. The lowest BCUT2D eigenvalue weighted by atomic mass is 9.91. The third-order valence-electron chi connectivity index (χ3n) is 25.9. The molecule has 2 aliphatic heterocycles. The van der Waals surface area contributed by atoms with Crippen LogP contribution in [0.4, 0.5) is 0 Å². The number of unbranched alkanes of at least 4 members (excludes halogenated alkanes) is 70. The Bertz CT molecular complexity index is 1900. The predicted octanol–water partition coefficient (Wildman–Crippen LogP) is 26.2. The monoisotopic (exact) mass is 1640 g/mol. The normalized spacial score (nSPS) is 20.9. The molecule has 684 valence electrons. The first kappa shape index (κ1) is 110. The van der Waals surface area contributed by atoms with E-state index in [4.69, 9.17) is 23.7 Å². The highest BCUT2D eigenvalue weighted by molar-refractivity contribution is 5.73. The van der Waals surface area contributed by atoms with E-state index in [-0.39, 0.29) is 0 Å². The number of carbonyl (C=O) groups is 2. The van der Waals surface area contributed by atoms with Gasteiger partial charge in [-0.15, -0.1) is 0 Å². The summed E-state index contributed by atoms with van der Waals surface area (Å²) >= 11 is 0. The van der Waals surface area contributed by atoms with Gasteiger partial charge in [0.05, 0.1) is 24.0 Å². The molecular weight excluding hydrogens is 1440 g/mol. The number of hydrogen-bond donors (Lipinski definition) is 8. The third kappa shape index (κ3) is 60.6. The second kappa shape index (κ2) is 80.9. The molecule has 0 saturated carbocycles. The Hall–Kier alpha value is -1.50.